The first-order valence-electron chi connectivity index (χ1n) is 4.45. The van der Waals surface area contributed by atoms with Gasteiger partial charge < -0.3 is 0 Å². The predicted octanol–water partition coefficient (Wildman–Crippen LogP) is 4.50. The smallest absolute Gasteiger partial charge is 0.0624 e. The Labute approximate surface area is 89.9 Å². The average Bonchev–Trinajstić information content (AvgIpc) is 1.98. The second kappa shape index (κ2) is 4.34. The molecule has 2 heteroatoms. The molecule has 0 spiro atoms. The molecule has 0 aliphatic heterocycles. The van der Waals surface area contributed by atoms with Crippen LogP contribution in [0.1, 0.15) is 25.0 Å². The first-order valence-corrected chi connectivity index (χ1v) is 5.21. The summed E-state index contributed by atoms with van der Waals surface area (Å²) in [5, 5.41) is 1.37. The van der Waals surface area contributed by atoms with Gasteiger partial charge in [-0.15, -0.1) is 0 Å². The minimum Gasteiger partial charge on any atom is -0.0827 e. The molecule has 1 aromatic carbocycles. The summed E-state index contributed by atoms with van der Waals surface area (Å²) in [6.45, 7) is 6.38. The van der Waals surface area contributed by atoms with Gasteiger partial charge in [-0.2, -0.15) is 0 Å². The number of rotatable bonds is 2. The van der Waals surface area contributed by atoms with Gasteiger partial charge in [-0.05, 0) is 36.5 Å². The van der Waals surface area contributed by atoms with E-state index in [0.717, 1.165) is 12.0 Å². The minimum atomic E-state index is 0.607. The van der Waals surface area contributed by atoms with E-state index in [9.17, 15) is 0 Å². The third-order valence-corrected chi connectivity index (χ3v) is 2.72. The van der Waals surface area contributed by atoms with Gasteiger partial charge in [0.05, 0.1) is 10.0 Å². The van der Waals surface area contributed by atoms with Crippen molar-refractivity contribution in [2.75, 3.05) is 0 Å². The van der Waals surface area contributed by atoms with Crippen molar-refractivity contribution in [2.45, 2.75) is 27.2 Å². The molecule has 13 heavy (non-hydrogen) atoms. The van der Waals surface area contributed by atoms with Gasteiger partial charge >= 0.3 is 0 Å². The lowest BCUT2D eigenvalue weighted by atomic mass is 10.0. The van der Waals surface area contributed by atoms with Crippen LogP contribution in [0.25, 0.3) is 0 Å². The molecular formula is C11H14Cl2. The Morgan fingerprint density at radius 2 is 1.85 bits per heavy atom. The molecule has 0 radical (unpaired) electrons. The van der Waals surface area contributed by atoms with E-state index in [1.54, 1.807) is 0 Å². The van der Waals surface area contributed by atoms with Crippen LogP contribution in [0.3, 0.4) is 0 Å². The monoisotopic (exact) mass is 216 g/mol. The van der Waals surface area contributed by atoms with E-state index in [1.807, 2.05) is 13.0 Å². The van der Waals surface area contributed by atoms with Crippen molar-refractivity contribution in [2.24, 2.45) is 5.92 Å². The number of aryl methyl sites for hydroxylation is 1. The van der Waals surface area contributed by atoms with Crippen LogP contribution in [-0.2, 0) is 6.42 Å². The van der Waals surface area contributed by atoms with Crippen molar-refractivity contribution < 1.29 is 0 Å². The van der Waals surface area contributed by atoms with Gasteiger partial charge in [-0.3, -0.25) is 0 Å². The number of hydrogen-bond acceptors (Lipinski definition) is 0. The van der Waals surface area contributed by atoms with Crippen molar-refractivity contribution >= 4 is 23.2 Å². The van der Waals surface area contributed by atoms with Crippen molar-refractivity contribution in [3.63, 3.8) is 0 Å². The number of halogens is 2. The van der Waals surface area contributed by atoms with Crippen molar-refractivity contribution in [3.05, 3.63) is 33.3 Å². The molecule has 72 valence electrons. The fourth-order valence-corrected chi connectivity index (χ4v) is 1.86. The maximum Gasteiger partial charge on any atom is 0.0624 e. The summed E-state index contributed by atoms with van der Waals surface area (Å²) in [5.41, 5.74) is 2.33. The van der Waals surface area contributed by atoms with E-state index in [-0.39, 0.29) is 0 Å². The largest absolute Gasteiger partial charge is 0.0827 e. The Balaban J connectivity index is 3.05. The highest BCUT2D eigenvalue weighted by Gasteiger charge is 2.07. The van der Waals surface area contributed by atoms with E-state index in [4.69, 9.17) is 23.2 Å². The average molecular weight is 217 g/mol. The molecule has 0 bridgehead atoms. The molecule has 0 aliphatic carbocycles. The van der Waals surface area contributed by atoms with Crippen LogP contribution in [0.2, 0.25) is 10.0 Å². The first kappa shape index (κ1) is 10.9. The van der Waals surface area contributed by atoms with E-state index in [2.05, 4.69) is 19.9 Å². The first-order chi connectivity index (χ1) is 6.00. The highest BCUT2D eigenvalue weighted by Crippen LogP contribution is 2.28. The fraction of sp³-hybridized carbons (Fsp3) is 0.455. The van der Waals surface area contributed by atoms with Gasteiger partial charge in [0, 0.05) is 0 Å². The lowest BCUT2D eigenvalue weighted by Gasteiger charge is -2.09. The van der Waals surface area contributed by atoms with Crippen molar-refractivity contribution in [1.82, 2.24) is 0 Å². The SMILES string of the molecule is Cc1cc(Cl)c(Cl)c(CC(C)C)c1. The van der Waals surface area contributed by atoms with Crippen molar-refractivity contribution in [1.29, 1.82) is 0 Å². The van der Waals surface area contributed by atoms with Crippen LogP contribution >= 0.6 is 23.2 Å². The van der Waals surface area contributed by atoms with Crippen LogP contribution in [0.5, 0.6) is 0 Å². The zero-order valence-electron chi connectivity index (χ0n) is 8.20. The van der Waals surface area contributed by atoms with Gasteiger partial charge in [0.1, 0.15) is 0 Å². The second-order valence-electron chi connectivity index (χ2n) is 3.82. The van der Waals surface area contributed by atoms with Gasteiger partial charge in [0.15, 0.2) is 0 Å². The molecule has 0 heterocycles. The Morgan fingerprint density at radius 1 is 1.23 bits per heavy atom. The third-order valence-electron chi connectivity index (χ3n) is 1.88. The molecule has 0 saturated carbocycles. The van der Waals surface area contributed by atoms with Gasteiger partial charge in [-0.1, -0.05) is 43.1 Å². The molecule has 0 saturated heterocycles. The van der Waals surface area contributed by atoms with E-state index < -0.39 is 0 Å². The normalized spacial score (nSPS) is 10.9. The van der Waals surface area contributed by atoms with E-state index in [0.29, 0.717) is 16.0 Å². The zero-order chi connectivity index (χ0) is 10.0. The van der Waals surface area contributed by atoms with E-state index >= 15 is 0 Å². The molecule has 0 atom stereocenters. The lowest BCUT2D eigenvalue weighted by Crippen LogP contribution is -1.96. The number of hydrogen-bond donors (Lipinski definition) is 0. The van der Waals surface area contributed by atoms with Gasteiger partial charge in [0.25, 0.3) is 0 Å². The summed E-state index contributed by atoms with van der Waals surface area (Å²) in [6, 6.07) is 4.00. The summed E-state index contributed by atoms with van der Waals surface area (Å²) < 4.78 is 0. The minimum absolute atomic E-state index is 0.607. The standard InChI is InChI=1S/C11H14Cl2/c1-7(2)4-9-5-8(3)6-10(12)11(9)13/h5-7H,4H2,1-3H3. The molecule has 0 aromatic heterocycles. The predicted molar refractivity (Wildman–Crippen MR) is 59.7 cm³/mol. The molecule has 0 fully saturated rings. The van der Waals surface area contributed by atoms with E-state index in [1.165, 1.54) is 5.56 Å². The summed E-state index contributed by atoms with van der Waals surface area (Å²) >= 11 is 12.0. The maximum absolute atomic E-state index is 6.08. The van der Waals surface area contributed by atoms with Crippen LogP contribution in [0, 0.1) is 12.8 Å². The van der Waals surface area contributed by atoms with Gasteiger partial charge in [0.2, 0.25) is 0 Å². The third kappa shape index (κ3) is 2.89. The molecule has 0 nitrogen and oxygen atoms in total. The molecule has 0 amide bonds. The van der Waals surface area contributed by atoms with Gasteiger partial charge in [-0.25, -0.2) is 0 Å². The van der Waals surface area contributed by atoms with Crippen molar-refractivity contribution in [3.8, 4) is 0 Å². The lowest BCUT2D eigenvalue weighted by molar-refractivity contribution is 0.647. The highest BCUT2D eigenvalue weighted by atomic mass is 35.5. The maximum atomic E-state index is 6.08. The molecule has 0 unspecified atom stereocenters. The molecule has 0 aliphatic rings. The summed E-state index contributed by atoms with van der Waals surface area (Å²) in [7, 11) is 0. The quantitative estimate of drug-likeness (QED) is 0.684. The van der Waals surface area contributed by atoms with Crippen LogP contribution in [0.4, 0.5) is 0 Å². The Morgan fingerprint density at radius 3 is 2.38 bits per heavy atom. The Bertz CT molecular complexity index is 303. The van der Waals surface area contributed by atoms with Crippen LogP contribution in [0.15, 0.2) is 12.1 Å². The molecule has 1 rings (SSSR count). The Kier molecular flexibility index (Phi) is 3.63. The number of benzene rings is 1. The molecule has 1 aromatic rings. The summed E-state index contributed by atoms with van der Waals surface area (Å²) in [5.74, 6) is 0.607. The van der Waals surface area contributed by atoms with Crippen LogP contribution < -0.4 is 0 Å². The Hall–Kier alpha value is -0.200. The summed E-state index contributed by atoms with van der Waals surface area (Å²) in [6.07, 6.45) is 0.986. The summed E-state index contributed by atoms with van der Waals surface area (Å²) in [4.78, 5) is 0. The second-order valence-corrected chi connectivity index (χ2v) is 4.60. The molecule has 0 N–H and O–H groups in total. The topological polar surface area (TPSA) is 0 Å². The fourth-order valence-electron chi connectivity index (χ4n) is 1.38. The molecular weight excluding hydrogens is 203 g/mol. The van der Waals surface area contributed by atoms with Crippen LogP contribution in [-0.4, -0.2) is 0 Å². The highest BCUT2D eigenvalue weighted by molar-refractivity contribution is 6.42. The zero-order valence-corrected chi connectivity index (χ0v) is 9.71.